The van der Waals surface area contributed by atoms with Crippen LogP contribution in [-0.4, -0.2) is 73.5 Å². The molecule has 1 fully saturated rings. The number of carbonyl (C=O) groups is 2. The number of ether oxygens (including phenoxy) is 2. The topological polar surface area (TPSA) is 88.1 Å². The monoisotopic (exact) mass is 302 g/mol. The van der Waals surface area contributed by atoms with E-state index < -0.39 is 5.97 Å². The molecule has 1 unspecified atom stereocenters. The SMILES string of the molecule is CC(C)OCCCNC(=O)CN1CCOCC1CC(=O)O. The van der Waals surface area contributed by atoms with E-state index in [4.69, 9.17) is 14.6 Å². The summed E-state index contributed by atoms with van der Waals surface area (Å²) in [7, 11) is 0. The number of aliphatic carboxylic acids is 1. The second-order valence-electron chi connectivity index (χ2n) is 5.42. The second-order valence-corrected chi connectivity index (χ2v) is 5.42. The predicted octanol–water partition coefficient (Wildman–Crippen LogP) is 0.0932. The Morgan fingerprint density at radius 2 is 2.24 bits per heavy atom. The van der Waals surface area contributed by atoms with Gasteiger partial charge in [0.05, 0.1) is 32.3 Å². The van der Waals surface area contributed by atoms with E-state index in [0.29, 0.717) is 32.9 Å². The zero-order valence-corrected chi connectivity index (χ0v) is 12.8. The zero-order chi connectivity index (χ0) is 15.7. The van der Waals surface area contributed by atoms with Crippen molar-refractivity contribution in [1.29, 1.82) is 0 Å². The van der Waals surface area contributed by atoms with Crippen molar-refractivity contribution in [2.24, 2.45) is 0 Å². The fraction of sp³-hybridized carbons (Fsp3) is 0.857. The van der Waals surface area contributed by atoms with Crippen molar-refractivity contribution in [3.05, 3.63) is 0 Å². The molecule has 0 aliphatic carbocycles. The minimum absolute atomic E-state index is 0.00446. The summed E-state index contributed by atoms with van der Waals surface area (Å²) >= 11 is 0. The van der Waals surface area contributed by atoms with Gasteiger partial charge in [0.15, 0.2) is 0 Å². The van der Waals surface area contributed by atoms with Crippen molar-refractivity contribution >= 4 is 11.9 Å². The lowest BCUT2D eigenvalue weighted by Gasteiger charge is -2.34. The summed E-state index contributed by atoms with van der Waals surface area (Å²) in [5.41, 5.74) is 0. The van der Waals surface area contributed by atoms with E-state index in [1.54, 1.807) is 0 Å². The molecule has 0 saturated carbocycles. The summed E-state index contributed by atoms with van der Waals surface area (Å²) in [5.74, 6) is -0.960. The lowest BCUT2D eigenvalue weighted by Crippen LogP contribution is -2.50. The van der Waals surface area contributed by atoms with Gasteiger partial charge in [0, 0.05) is 25.7 Å². The highest BCUT2D eigenvalue weighted by Gasteiger charge is 2.26. The molecule has 0 aromatic heterocycles. The van der Waals surface area contributed by atoms with E-state index in [0.717, 1.165) is 6.42 Å². The first-order chi connectivity index (χ1) is 9.99. The number of carbonyl (C=O) groups excluding carboxylic acids is 1. The molecule has 1 amide bonds. The second kappa shape index (κ2) is 9.70. The van der Waals surface area contributed by atoms with Crippen molar-refractivity contribution in [3.63, 3.8) is 0 Å². The van der Waals surface area contributed by atoms with Crippen LogP contribution < -0.4 is 5.32 Å². The molecule has 7 nitrogen and oxygen atoms in total. The number of hydrogen-bond acceptors (Lipinski definition) is 5. The number of nitrogens with zero attached hydrogens (tertiary/aromatic N) is 1. The predicted molar refractivity (Wildman–Crippen MR) is 77.1 cm³/mol. The van der Waals surface area contributed by atoms with Gasteiger partial charge in [0.25, 0.3) is 0 Å². The molecular formula is C14H26N2O5. The molecule has 0 radical (unpaired) electrons. The largest absolute Gasteiger partial charge is 0.481 e. The number of amides is 1. The maximum absolute atomic E-state index is 11.9. The lowest BCUT2D eigenvalue weighted by atomic mass is 10.1. The molecule has 0 spiro atoms. The summed E-state index contributed by atoms with van der Waals surface area (Å²) in [5, 5.41) is 11.7. The van der Waals surface area contributed by atoms with Crippen molar-refractivity contribution in [1.82, 2.24) is 10.2 Å². The maximum Gasteiger partial charge on any atom is 0.305 e. The van der Waals surface area contributed by atoms with Crippen LogP contribution in [0.2, 0.25) is 0 Å². The number of carboxylic acids is 1. The Kier molecular flexibility index (Phi) is 8.26. The van der Waals surface area contributed by atoms with Crippen LogP contribution in [0.25, 0.3) is 0 Å². The van der Waals surface area contributed by atoms with E-state index in [-0.39, 0.29) is 31.0 Å². The lowest BCUT2D eigenvalue weighted by molar-refractivity contribution is -0.141. The number of carboxylic acid groups (broad SMARTS) is 1. The highest BCUT2D eigenvalue weighted by atomic mass is 16.5. The smallest absolute Gasteiger partial charge is 0.305 e. The third-order valence-corrected chi connectivity index (χ3v) is 3.20. The average Bonchev–Trinajstić information content (AvgIpc) is 2.39. The first kappa shape index (κ1) is 17.9. The van der Waals surface area contributed by atoms with Gasteiger partial charge in [-0.1, -0.05) is 0 Å². The molecule has 0 bridgehead atoms. The number of nitrogens with one attached hydrogen (secondary N) is 1. The Hall–Kier alpha value is -1.18. The van der Waals surface area contributed by atoms with E-state index in [1.807, 2.05) is 18.7 Å². The molecule has 2 N–H and O–H groups in total. The maximum atomic E-state index is 11.9. The quantitative estimate of drug-likeness (QED) is 0.587. The number of hydrogen-bond donors (Lipinski definition) is 2. The Morgan fingerprint density at radius 3 is 2.90 bits per heavy atom. The Balaban J connectivity index is 2.23. The van der Waals surface area contributed by atoms with Crippen molar-refractivity contribution in [2.45, 2.75) is 38.8 Å². The molecule has 1 atom stereocenters. The molecule has 0 aromatic rings. The summed E-state index contributed by atoms with van der Waals surface area (Å²) in [6.45, 7) is 6.83. The standard InChI is InChI=1S/C14H26N2O5/c1-11(2)21-6-3-4-15-13(17)9-16-5-7-20-10-12(16)8-14(18)19/h11-12H,3-10H2,1-2H3,(H,15,17)(H,18,19). The third-order valence-electron chi connectivity index (χ3n) is 3.20. The van der Waals surface area contributed by atoms with Crippen molar-refractivity contribution < 1.29 is 24.2 Å². The Labute approximate surface area is 125 Å². The fourth-order valence-electron chi connectivity index (χ4n) is 2.15. The fourth-order valence-corrected chi connectivity index (χ4v) is 2.15. The summed E-state index contributed by atoms with van der Waals surface area (Å²) in [4.78, 5) is 24.5. The van der Waals surface area contributed by atoms with E-state index in [2.05, 4.69) is 5.32 Å². The molecule has 1 rings (SSSR count). The molecule has 1 heterocycles. The van der Waals surface area contributed by atoms with E-state index >= 15 is 0 Å². The average molecular weight is 302 g/mol. The van der Waals surface area contributed by atoms with Crippen LogP contribution in [0.1, 0.15) is 26.7 Å². The molecule has 1 aliphatic heterocycles. The van der Waals surface area contributed by atoms with Gasteiger partial charge >= 0.3 is 5.97 Å². The van der Waals surface area contributed by atoms with Gasteiger partial charge in [-0.15, -0.1) is 0 Å². The van der Waals surface area contributed by atoms with Gasteiger partial charge < -0.3 is 19.9 Å². The Morgan fingerprint density at radius 1 is 1.48 bits per heavy atom. The van der Waals surface area contributed by atoms with E-state index in [1.165, 1.54) is 0 Å². The molecule has 1 saturated heterocycles. The summed E-state index contributed by atoms with van der Waals surface area (Å²) in [6.07, 6.45) is 0.965. The first-order valence-electron chi connectivity index (χ1n) is 7.41. The van der Waals surface area contributed by atoms with Gasteiger partial charge in [0.2, 0.25) is 5.91 Å². The highest BCUT2D eigenvalue weighted by Crippen LogP contribution is 2.10. The normalized spacial score (nSPS) is 19.7. The molecule has 0 aromatic carbocycles. The third kappa shape index (κ3) is 7.99. The summed E-state index contributed by atoms with van der Waals surface area (Å²) in [6, 6.07) is -0.230. The molecular weight excluding hydrogens is 276 g/mol. The Bertz CT molecular complexity index is 335. The number of morpholine rings is 1. The van der Waals surface area contributed by atoms with Crippen LogP contribution >= 0.6 is 0 Å². The van der Waals surface area contributed by atoms with Crippen LogP contribution in [0.3, 0.4) is 0 Å². The number of rotatable bonds is 9. The molecule has 1 aliphatic rings. The summed E-state index contributed by atoms with van der Waals surface area (Å²) < 4.78 is 10.7. The van der Waals surface area contributed by atoms with Gasteiger partial charge in [-0.2, -0.15) is 0 Å². The van der Waals surface area contributed by atoms with Gasteiger partial charge in [-0.3, -0.25) is 14.5 Å². The van der Waals surface area contributed by atoms with Crippen molar-refractivity contribution in [3.8, 4) is 0 Å². The molecule has 21 heavy (non-hydrogen) atoms. The van der Waals surface area contributed by atoms with Crippen LogP contribution in [0.15, 0.2) is 0 Å². The first-order valence-corrected chi connectivity index (χ1v) is 7.41. The minimum Gasteiger partial charge on any atom is -0.481 e. The van der Waals surface area contributed by atoms with Crippen LogP contribution in [0.4, 0.5) is 0 Å². The van der Waals surface area contributed by atoms with Crippen molar-refractivity contribution in [2.75, 3.05) is 39.5 Å². The minimum atomic E-state index is -0.873. The highest BCUT2D eigenvalue weighted by molar-refractivity contribution is 5.78. The zero-order valence-electron chi connectivity index (χ0n) is 12.8. The molecule has 122 valence electrons. The van der Waals surface area contributed by atoms with Gasteiger partial charge in [0.1, 0.15) is 0 Å². The van der Waals surface area contributed by atoms with Crippen LogP contribution in [-0.2, 0) is 19.1 Å². The van der Waals surface area contributed by atoms with Crippen LogP contribution in [0.5, 0.6) is 0 Å². The molecule has 7 heteroatoms. The van der Waals surface area contributed by atoms with Gasteiger partial charge in [-0.05, 0) is 20.3 Å². The van der Waals surface area contributed by atoms with E-state index in [9.17, 15) is 9.59 Å². The van der Waals surface area contributed by atoms with Gasteiger partial charge in [-0.25, -0.2) is 0 Å². The van der Waals surface area contributed by atoms with Crippen LogP contribution in [0, 0.1) is 0 Å².